The van der Waals surface area contributed by atoms with Crippen LogP contribution in [0, 0.1) is 6.92 Å². The first-order valence-electron chi connectivity index (χ1n) is 6.32. The molecule has 1 nitrogen and oxygen atoms in total. The summed E-state index contributed by atoms with van der Waals surface area (Å²) in [6.45, 7) is 2.07. The number of hydrogen-bond acceptors (Lipinski definition) is 1. The minimum absolute atomic E-state index is 0.461. The highest BCUT2D eigenvalue weighted by Crippen LogP contribution is 2.28. The Kier molecular flexibility index (Phi) is 3.00. The monoisotopic (exact) mass is 257 g/mol. The fourth-order valence-corrected chi connectivity index (χ4v) is 2.89. The Bertz CT molecular complexity index is 552. The molecule has 0 amide bonds. The van der Waals surface area contributed by atoms with Crippen molar-refractivity contribution in [3.63, 3.8) is 0 Å². The highest BCUT2D eigenvalue weighted by molar-refractivity contribution is 6.31. The predicted molar refractivity (Wildman–Crippen MR) is 77.4 cm³/mol. The molecule has 0 saturated carbocycles. The number of anilines is 1. The summed E-state index contributed by atoms with van der Waals surface area (Å²) in [6, 6.07) is 15.3. The first-order valence-corrected chi connectivity index (χ1v) is 6.69. The van der Waals surface area contributed by atoms with Crippen molar-refractivity contribution >= 4 is 17.3 Å². The standard InChI is InChI=1S/C16H16ClN/c1-11-6-7-12(15(17)8-11)9-14-10-13-4-2-3-5-16(13)18-14/h2-8,14,18H,9-10H2,1H3. The lowest BCUT2D eigenvalue weighted by atomic mass is 10.0. The van der Waals surface area contributed by atoms with Gasteiger partial charge in [0.1, 0.15) is 0 Å². The van der Waals surface area contributed by atoms with Crippen molar-refractivity contribution in [3.8, 4) is 0 Å². The summed E-state index contributed by atoms with van der Waals surface area (Å²) >= 11 is 6.29. The van der Waals surface area contributed by atoms with E-state index in [9.17, 15) is 0 Å². The van der Waals surface area contributed by atoms with Gasteiger partial charge < -0.3 is 5.32 Å². The molecular weight excluding hydrogens is 242 g/mol. The van der Waals surface area contributed by atoms with Gasteiger partial charge in [0.05, 0.1) is 0 Å². The highest BCUT2D eigenvalue weighted by Gasteiger charge is 2.20. The van der Waals surface area contributed by atoms with E-state index >= 15 is 0 Å². The molecule has 1 heterocycles. The van der Waals surface area contributed by atoms with E-state index in [0.717, 1.165) is 17.9 Å². The van der Waals surface area contributed by atoms with Gasteiger partial charge in [-0.2, -0.15) is 0 Å². The second-order valence-electron chi connectivity index (χ2n) is 5.00. The molecule has 1 atom stereocenters. The Morgan fingerprint density at radius 3 is 2.83 bits per heavy atom. The number of benzene rings is 2. The van der Waals surface area contributed by atoms with E-state index in [4.69, 9.17) is 11.6 Å². The summed E-state index contributed by atoms with van der Waals surface area (Å²) in [5.74, 6) is 0. The Morgan fingerprint density at radius 2 is 2.06 bits per heavy atom. The molecule has 2 aromatic carbocycles. The zero-order valence-electron chi connectivity index (χ0n) is 10.4. The number of halogens is 1. The first-order chi connectivity index (χ1) is 8.72. The van der Waals surface area contributed by atoms with Crippen LogP contribution in [0.1, 0.15) is 16.7 Å². The van der Waals surface area contributed by atoms with Gasteiger partial charge in [-0.3, -0.25) is 0 Å². The van der Waals surface area contributed by atoms with Crippen molar-refractivity contribution < 1.29 is 0 Å². The van der Waals surface area contributed by atoms with Crippen molar-refractivity contribution in [2.24, 2.45) is 0 Å². The van der Waals surface area contributed by atoms with Crippen molar-refractivity contribution in [1.82, 2.24) is 0 Å². The summed E-state index contributed by atoms with van der Waals surface area (Å²) in [4.78, 5) is 0. The molecule has 18 heavy (non-hydrogen) atoms. The number of para-hydroxylation sites is 1. The normalized spacial score (nSPS) is 17.3. The van der Waals surface area contributed by atoms with Gasteiger partial charge in [0.25, 0.3) is 0 Å². The molecule has 3 rings (SSSR count). The third-order valence-electron chi connectivity index (χ3n) is 3.52. The molecule has 1 unspecified atom stereocenters. The van der Waals surface area contributed by atoms with Crippen LogP contribution >= 0.6 is 11.6 Å². The van der Waals surface area contributed by atoms with E-state index < -0.39 is 0 Å². The van der Waals surface area contributed by atoms with Crippen LogP contribution in [-0.2, 0) is 12.8 Å². The quantitative estimate of drug-likeness (QED) is 0.849. The molecule has 0 spiro atoms. The molecule has 1 aliphatic heterocycles. The highest BCUT2D eigenvalue weighted by atomic mass is 35.5. The van der Waals surface area contributed by atoms with E-state index in [-0.39, 0.29) is 0 Å². The van der Waals surface area contributed by atoms with Crippen molar-refractivity contribution in [2.45, 2.75) is 25.8 Å². The number of rotatable bonds is 2. The van der Waals surface area contributed by atoms with Crippen LogP contribution in [-0.4, -0.2) is 6.04 Å². The van der Waals surface area contributed by atoms with E-state index in [0.29, 0.717) is 6.04 Å². The Labute approximate surface area is 113 Å². The van der Waals surface area contributed by atoms with Gasteiger partial charge in [-0.15, -0.1) is 0 Å². The van der Waals surface area contributed by atoms with Crippen LogP contribution in [0.4, 0.5) is 5.69 Å². The fraction of sp³-hybridized carbons (Fsp3) is 0.250. The van der Waals surface area contributed by atoms with Crippen molar-refractivity contribution in [2.75, 3.05) is 5.32 Å². The Hall–Kier alpha value is -1.47. The largest absolute Gasteiger partial charge is 0.381 e. The number of fused-ring (bicyclic) bond motifs is 1. The molecule has 1 N–H and O–H groups in total. The average Bonchev–Trinajstić information content (AvgIpc) is 2.75. The molecule has 1 aliphatic rings. The average molecular weight is 258 g/mol. The topological polar surface area (TPSA) is 12.0 Å². The van der Waals surface area contributed by atoms with Gasteiger partial charge in [0.15, 0.2) is 0 Å². The third-order valence-corrected chi connectivity index (χ3v) is 3.87. The van der Waals surface area contributed by atoms with Crippen LogP contribution < -0.4 is 5.32 Å². The smallest absolute Gasteiger partial charge is 0.0441 e. The SMILES string of the molecule is Cc1ccc(CC2Cc3ccccc3N2)c(Cl)c1. The molecule has 0 radical (unpaired) electrons. The zero-order valence-corrected chi connectivity index (χ0v) is 11.2. The van der Waals surface area contributed by atoms with Crippen LogP contribution in [0.3, 0.4) is 0 Å². The maximum Gasteiger partial charge on any atom is 0.0441 e. The van der Waals surface area contributed by atoms with Crippen LogP contribution in [0.15, 0.2) is 42.5 Å². The molecular formula is C16H16ClN. The minimum Gasteiger partial charge on any atom is -0.381 e. The van der Waals surface area contributed by atoms with Crippen LogP contribution in [0.25, 0.3) is 0 Å². The van der Waals surface area contributed by atoms with Gasteiger partial charge in [0.2, 0.25) is 0 Å². The maximum atomic E-state index is 6.29. The predicted octanol–water partition coefficient (Wildman–Crippen LogP) is 4.23. The summed E-state index contributed by atoms with van der Waals surface area (Å²) in [7, 11) is 0. The molecule has 2 heteroatoms. The lowest BCUT2D eigenvalue weighted by Crippen LogP contribution is -2.18. The van der Waals surface area contributed by atoms with Gasteiger partial charge in [0, 0.05) is 16.8 Å². The first kappa shape index (κ1) is 11.6. The molecule has 0 aromatic heterocycles. The van der Waals surface area contributed by atoms with Gasteiger partial charge >= 0.3 is 0 Å². The molecule has 0 bridgehead atoms. The van der Waals surface area contributed by atoms with Crippen molar-refractivity contribution in [1.29, 1.82) is 0 Å². The summed E-state index contributed by atoms with van der Waals surface area (Å²) in [5, 5.41) is 4.45. The third kappa shape index (κ3) is 2.23. The van der Waals surface area contributed by atoms with Crippen LogP contribution in [0.5, 0.6) is 0 Å². The van der Waals surface area contributed by atoms with Crippen molar-refractivity contribution in [3.05, 3.63) is 64.2 Å². The summed E-state index contributed by atoms with van der Waals surface area (Å²) < 4.78 is 0. The number of hydrogen-bond donors (Lipinski definition) is 1. The zero-order chi connectivity index (χ0) is 12.5. The summed E-state index contributed by atoms with van der Waals surface area (Å²) in [5.41, 5.74) is 5.12. The van der Waals surface area contributed by atoms with E-state index in [1.54, 1.807) is 0 Å². The second-order valence-corrected chi connectivity index (χ2v) is 5.41. The molecule has 92 valence electrons. The Morgan fingerprint density at radius 1 is 1.22 bits per heavy atom. The number of aryl methyl sites for hydroxylation is 1. The molecule has 0 aliphatic carbocycles. The minimum atomic E-state index is 0.461. The van der Waals surface area contributed by atoms with Gasteiger partial charge in [-0.1, -0.05) is 41.9 Å². The van der Waals surface area contributed by atoms with E-state index in [1.165, 1.54) is 22.4 Å². The van der Waals surface area contributed by atoms with Crippen LogP contribution in [0.2, 0.25) is 5.02 Å². The molecule has 0 saturated heterocycles. The van der Waals surface area contributed by atoms with Gasteiger partial charge in [-0.25, -0.2) is 0 Å². The molecule has 0 fully saturated rings. The number of nitrogens with one attached hydrogen (secondary N) is 1. The molecule has 2 aromatic rings. The maximum absolute atomic E-state index is 6.29. The van der Waals surface area contributed by atoms with E-state index in [1.807, 2.05) is 6.07 Å². The Balaban J connectivity index is 1.76. The van der Waals surface area contributed by atoms with E-state index in [2.05, 4.69) is 48.6 Å². The summed E-state index contributed by atoms with van der Waals surface area (Å²) in [6.07, 6.45) is 2.06. The lowest BCUT2D eigenvalue weighted by molar-refractivity contribution is 0.746. The lowest BCUT2D eigenvalue weighted by Gasteiger charge is -2.12. The fourth-order valence-electron chi connectivity index (χ4n) is 2.58. The van der Waals surface area contributed by atoms with Gasteiger partial charge in [-0.05, 0) is 48.6 Å². The second kappa shape index (κ2) is 4.66.